The van der Waals surface area contributed by atoms with Crippen molar-refractivity contribution in [3.05, 3.63) is 22.4 Å². The molecule has 2 atom stereocenters. The Hall–Kier alpha value is -0.380. The molecule has 2 nitrogen and oxygen atoms in total. The zero-order valence-corrected chi connectivity index (χ0v) is 12.6. The number of likely N-dealkylation sites (N-methyl/N-ethyl adjacent to an activating group) is 1. The predicted octanol–water partition coefficient (Wildman–Crippen LogP) is 2.98. The third kappa shape index (κ3) is 4.78. The summed E-state index contributed by atoms with van der Waals surface area (Å²) < 4.78 is 0. The molecule has 0 fully saturated rings. The molecule has 0 aromatic carbocycles. The first-order chi connectivity index (χ1) is 7.80. The van der Waals surface area contributed by atoms with E-state index in [1.54, 1.807) is 0 Å². The van der Waals surface area contributed by atoms with Gasteiger partial charge in [-0.25, -0.2) is 0 Å². The number of hydrogen-bond donors (Lipinski definition) is 1. The molecule has 17 heavy (non-hydrogen) atoms. The van der Waals surface area contributed by atoms with E-state index in [1.165, 1.54) is 4.88 Å². The van der Waals surface area contributed by atoms with Crippen molar-refractivity contribution in [1.29, 1.82) is 0 Å². The van der Waals surface area contributed by atoms with Crippen molar-refractivity contribution in [2.24, 2.45) is 11.1 Å². The van der Waals surface area contributed by atoms with Crippen molar-refractivity contribution < 1.29 is 0 Å². The Labute approximate surface area is 110 Å². The smallest absolute Gasteiger partial charge is 0.0217 e. The van der Waals surface area contributed by atoms with Gasteiger partial charge >= 0.3 is 0 Å². The molecule has 0 aliphatic rings. The number of thiophene rings is 1. The molecule has 0 amide bonds. The van der Waals surface area contributed by atoms with Gasteiger partial charge in [-0.1, -0.05) is 26.8 Å². The minimum absolute atomic E-state index is 0.177. The highest BCUT2D eigenvalue weighted by Crippen LogP contribution is 2.19. The average Bonchev–Trinajstić information content (AvgIpc) is 2.68. The largest absolute Gasteiger partial charge is 0.326 e. The first-order valence-corrected chi connectivity index (χ1v) is 7.17. The van der Waals surface area contributed by atoms with Crippen LogP contribution in [-0.4, -0.2) is 30.6 Å². The molecule has 0 radical (unpaired) electrons. The van der Waals surface area contributed by atoms with Gasteiger partial charge < -0.3 is 10.6 Å². The minimum Gasteiger partial charge on any atom is -0.326 e. The highest BCUT2D eigenvalue weighted by atomic mass is 32.1. The van der Waals surface area contributed by atoms with Crippen molar-refractivity contribution in [3.8, 4) is 0 Å². The summed E-state index contributed by atoms with van der Waals surface area (Å²) in [4.78, 5) is 3.82. The number of hydrogen-bond acceptors (Lipinski definition) is 3. The molecule has 0 saturated heterocycles. The lowest BCUT2D eigenvalue weighted by Gasteiger charge is -2.33. The summed E-state index contributed by atoms with van der Waals surface area (Å²) in [5.41, 5.74) is 6.40. The Balaban J connectivity index is 2.44. The van der Waals surface area contributed by atoms with Crippen LogP contribution in [0.15, 0.2) is 17.5 Å². The summed E-state index contributed by atoms with van der Waals surface area (Å²) in [7, 11) is 2.17. The van der Waals surface area contributed by atoms with Crippen LogP contribution in [0.4, 0.5) is 0 Å². The van der Waals surface area contributed by atoms with Gasteiger partial charge in [0.1, 0.15) is 0 Å². The molecular formula is C14H26N2S. The van der Waals surface area contributed by atoms with Crippen LogP contribution < -0.4 is 5.73 Å². The fourth-order valence-electron chi connectivity index (χ4n) is 1.64. The lowest BCUT2D eigenvalue weighted by Crippen LogP contribution is -2.47. The summed E-state index contributed by atoms with van der Waals surface area (Å²) in [6, 6.07) is 5.09. The normalized spacial score (nSPS) is 16.2. The molecule has 1 heterocycles. The van der Waals surface area contributed by atoms with Crippen LogP contribution in [-0.2, 0) is 6.42 Å². The van der Waals surface area contributed by atoms with E-state index in [0.717, 1.165) is 13.0 Å². The molecule has 1 aromatic rings. The minimum atomic E-state index is 0.177. The molecule has 3 heteroatoms. The second-order valence-corrected chi connectivity index (χ2v) is 7.08. The maximum Gasteiger partial charge on any atom is 0.0217 e. The molecule has 98 valence electrons. The van der Waals surface area contributed by atoms with Crippen LogP contribution in [0.2, 0.25) is 0 Å². The van der Waals surface area contributed by atoms with Gasteiger partial charge in [-0.15, -0.1) is 11.3 Å². The third-order valence-electron chi connectivity index (χ3n) is 3.43. The first-order valence-electron chi connectivity index (χ1n) is 6.29. The van der Waals surface area contributed by atoms with Crippen LogP contribution >= 0.6 is 11.3 Å². The topological polar surface area (TPSA) is 29.3 Å². The Morgan fingerprint density at radius 2 is 2.06 bits per heavy atom. The summed E-state index contributed by atoms with van der Waals surface area (Å²) in [5, 5.41) is 2.14. The molecule has 0 aliphatic carbocycles. The molecule has 2 N–H and O–H groups in total. The van der Waals surface area contributed by atoms with Crippen LogP contribution in [0.5, 0.6) is 0 Å². The second-order valence-electron chi connectivity index (χ2n) is 6.04. The van der Waals surface area contributed by atoms with Crippen molar-refractivity contribution in [2.45, 2.75) is 46.2 Å². The van der Waals surface area contributed by atoms with E-state index in [1.807, 2.05) is 11.3 Å². The van der Waals surface area contributed by atoms with Crippen molar-refractivity contribution >= 4 is 11.3 Å². The Morgan fingerprint density at radius 3 is 2.53 bits per heavy atom. The summed E-state index contributed by atoms with van der Waals surface area (Å²) in [6.45, 7) is 9.84. The van der Waals surface area contributed by atoms with Gasteiger partial charge in [-0.2, -0.15) is 0 Å². The number of rotatable bonds is 5. The Kier molecular flexibility index (Phi) is 5.17. The highest BCUT2D eigenvalue weighted by Gasteiger charge is 2.23. The van der Waals surface area contributed by atoms with Gasteiger partial charge in [0.05, 0.1) is 0 Å². The zero-order chi connectivity index (χ0) is 13.1. The van der Waals surface area contributed by atoms with Crippen LogP contribution in [0.25, 0.3) is 0 Å². The van der Waals surface area contributed by atoms with E-state index >= 15 is 0 Å². The molecule has 0 bridgehead atoms. The van der Waals surface area contributed by atoms with E-state index in [-0.39, 0.29) is 11.5 Å². The third-order valence-corrected chi connectivity index (χ3v) is 4.32. The standard InChI is InChI=1S/C14H26N2S/c1-11(9-12-7-6-8-17-12)16(5)10-13(15)14(2,3)4/h6-8,11,13H,9-10,15H2,1-5H3. The molecule has 0 spiro atoms. The quantitative estimate of drug-likeness (QED) is 0.875. The lowest BCUT2D eigenvalue weighted by molar-refractivity contribution is 0.190. The van der Waals surface area contributed by atoms with Gasteiger partial charge in [0.15, 0.2) is 0 Å². The van der Waals surface area contributed by atoms with Crippen LogP contribution in [0, 0.1) is 5.41 Å². The summed E-state index contributed by atoms with van der Waals surface area (Å²) in [5.74, 6) is 0. The van der Waals surface area contributed by atoms with Gasteiger partial charge in [0.25, 0.3) is 0 Å². The number of nitrogens with two attached hydrogens (primary N) is 1. The van der Waals surface area contributed by atoms with E-state index in [0.29, 0.717) is 6.04 Å². The fraction of sp³-hybridized carbons (Fsp3) is 0.714. The van der Waals surface area contributed by atoms with Crippen LogP contribution in [0.1, 0.15) is 32.6 Å². The summed E-state index contributed by atoms with van der Waals surface area (Å²) >= 11 is 1.84. The first kappa shape index (κ1) is 14.7. The monoisotopic (exact) mass is 254 g/mol. The maximum absolute atomic E-state index is 6.22. The maximum atomic E-state index is 6.22. The predicted molar refractivity (Wildman–Crippen MR) is 77.5 cm³/mol. The molecule has 0 aliphatic heterocycles. The second kappa shape index (κ2) is 5.98. The average molecular weight is 254 g/mol. The zero-order valence-electron chi connectivity index (χ0n) is 11.7. The van der Waals surface area contributed by atoms with E-state index < -0.39 is 0 Å². The Bertz CT molecular complexity index is 313. The molecule has 1 aromatic heterocycles. The van der Waals surface area contributed by atoms with E-state index in [9.17, 15) is 0 Å². The lowest BCUT2D eigenvalue weighted by atomic mass is 9.87. The van der Waals surface area contributed by atoms with E-state index in [4.69, 9.17) is 5.73 Å². The SMILES string of the molecule is CC(Cc1cccs1)N(C)CC(N)C(C)(C)C. The molecule has 0 saturated carbocycles. The van der Waals surface area contributed by atoms with Gasteiger partial charge in [0.2, 0.25) is 0 Å². The molecular weight excluding hydrogens is 228 g/mol. The number of nitrogens with zero attached hydrogens (tertiary/aromatic N) is 1. The highest BCUT2D eigenvalue weighted by molar-refractivity contribution is 7.09. The van der Waals surface area contributed by atoms with Gasteiger partial charge in [-0.05, 0) is 37.3 Å². The van der Waals surface area contributed by atoms with Crippen LogP contribution in [0.3, 0.4) is 0 Å². The van der Waals surface area contributed by atoms with Crippen molar-refractivity contribution in [2.75, 3.05) is 13.6 Å². The van der Waals surface area contributed by atoms with Crippen molar-refractivity contribution in [3.63, 3.8) is 0 Å². The summed E-state index contributed by atoms with van der Waals surface area (Å²) in [6.07, 6.45) is 1.12. The Morgan fingerprint density at radius 1 is 1.41 bits per heavy atom. The molecule has 1 rings (SSSR count). The molecule has 2 unspecified atom stereocenters. The fourth-order valence-corrected chi connectivity index (χ4v) is 2.47. The van der Waals surface area contributed by atoms with Crippen molar-refractivity contribution in [1.82, 2.24) is 4.90 Å². The van der Waals surface area contributed by atoms with Gasteiger partial charge in [0, 0.05) is 23.5 Å². The van der Waals surface area contributed by atoms with Gasteiger partial charge in [-0.3, -0.25) is 0 Å². The van der Waals surface area contributed by atoms with E-state index in [2.05, 4.69) is 57.2 Å².